The zero-order chi connectivity index (χ0) is 37.0. The van der Waals surface area contributed by atoms with Gasteiger partial charge in [-0.3, -0.25) is 19.3 Å². The van der Waals surface area contributed by atoms with E-state index in [0.29, 0.717) is 61.5 Å². The Morgan fingerprint density at radius 3 is 2.39 bits per heavy atom. The number of likely N-dealkylation sites (tertiary alicyclic amines) is 1. The molecule has 0 spiro atoms. The molecule has 5 rings (SSSR count). The number of carbonyl (C=O) groups is 2. The maximum absolute atomic E-state index is 15.9. The monoisotopic (exact) mass is 718 g/mol. The Balaban J connectivity index is 1.57. The number of fused-ring (bicyclic) bond motifs is 4. The molecule has 2 aliphatic heterocycles. The second kappa shape index (κ2) is 16.0. The molecule has 3 aromatic rings. The molecule has 2 aliphatic rings. The van der Waals surface area contributed by atoms with Crippen LogP contribution in [0.15, 0.2) is 35.1 Å². The largest absolute Gasteiger partial charge is 0.481 e. The fraction of sp³-hybridized carbons (Fsp3) is 0.514. The first kappa shape index (κ1) is 38.1. The predicted molar refractivity (Wildman–Crippen MR) is 179 cm³/mol. The molecule has 9 nitrogen and oxygen atoms in total. The third kappa shape index (κ3) is 9.01. The SMILES string of the molecule is COC1CN(CCc2nn([C@H]3CCCCCCCc4cc(F)cc(C)c4-c4cc(C)c(F)c(c4)[C@H](CC(=O)O)NC3=O)c(=O)cc2C(F)(F)F)C1. The van der Waals surface area contributed by atoms with Crippen LogP contribution in [0.2, 0.25) is 0 Å². The molecule has 3 heterocycles. The van der Waals surface area contributed by atoms with Gasteiger partial charge in [-0.15, -0.1) is 0 Å². The Labute approximate surface area is 292 Å². The average Bonchev–Trinajstić information content (AvgIpc) is 3.02. The number of hydrogen-bond acceptors (Lipinski definition) is 6. The lowest BCUT2D eigenvalue weighted by Crippen LogP contribution is -2.52. The molecule has 14 heteroatoms. The molecular weight excluding hydrogens is 675 g/mol. The Morgan fingerprint density at radius 2 is 1.71 bits per heavy atom. The molecule has 1 fully saturated rings. The number of rotatable bonds is 7. The summed E-state index contributed by atoms with van der Waals surface area (Å²) in [4.78, 5) is 41.4. The van der Waals surface area contributed by atoms with Crippen LogP contribution in [0.5, 0.6) is 0 Å². The first-order valence-electron chi connectivity index (χ1n) is 17.2. The summed E-state index contributed by atoms with van der Waals surface area (Å²) >= 11 is 0. The second-order valence-corrected chi connectivity index (χ2v) is 13.6. The van der Waals surface area contributed by atoms with Crippen LogP contribution in [0.4, 0.5) is 22.0 Å². The molecule has 0 radical (unpaired) electrons. The van der Waals surface area contributed by atoms with Crippen LogP contribution in [0.3, 0.4) is 0 Å². The molecule has 0 saturated carbocycles. The van der Waals surface area contributed by atoms with Gasteiger partial charge in [0.05, 0.1) is 29.8 Å². The van der Waals surface area contributed by atoms with Crippen molar-refractivity contribution in [1.29, 1.82) is 0 Å². The Morgan fingerprint density at radius 1 is 1.00 bits per heavy atom. The average molecular weight is 719 g/mol. The number of halogens is 5. The van der Waals surface area contributed by atoms with Crippen LogP contribution in [0.25, 0.3) is 11.1 Å². The molecule has 0 aliphatic carbocycles. The highest BCUT2D eigenvalue weighted by Gasteiger charge is 2.37. The van der Waals surface area contributed by atoms with E-state index in [4.69, 9.17) is 4.74 Å². The lowest BCUT2D eigenvalue weighted by molar-refractivity contribution is -0.139. The quantitative estimate of drug-likeness (QED) is 0.270. The van der Waals surface area contributed by atoms with Gasteiger partial charge in [0.2, 0.25) is 5.91 Å². The minimum atomic E-state index is -4.87. The zero-order valence-electron chi connectivity index (χ0n) is 28.9. The minimum Gasteiger partial charge on any atom is -0.481 e. The number of methoxy groups -OCH3 is 1. The summed E-state index contributed by atoms with van der Waals surface area (Å²) in [5.74, 6) is -3.38. The predicted octanol–water partition coefficient (Wildman–Crippen LogP) is 6.47. The highest BCUT2D eigenvalue weighted by molar-refractivity contribution is 5.82. The third-order valence-electron chi connectivity index (χ3n) is 9.81. The number of carbonyl (C=O) groups excluding carboxylic acids is 1. The number of benzene rings is 2. The van der Waals surface area contributed by atoms with Crippen molar-refractivity contribution >= 4 is 11.9 Å². The number of carboxylic acids is 1. The summed E-state index contributed by atoms with van der Waals surface area (Å²) in [6.07, 6.45) is -2.01. The lowest BCUT2D eigenvalue weighted by atomic mass is 9.88. The summed E-state index contributed by atoms with van der Waals surface area (Å²) in [7, 11) is 1.55. The summed E-state index contributed by atoms with van der Waals surface area (Å²) in [5.41, 5.74) is -0.127. The number of hydrogen-bond donors (Lipinski definition) is 2. The molecule has 2 bridgehead atoms. The normalized spacial score (nSPS) is 19.6. The smallest absolute Gasteiger partial charge is 0.418 e. The number of aliphatic carboxylic acids is 1. The number of carboxylic acid groups (broad SMARTS) is 1. The van der Waals surface area contributed by atoms with Crippen molar-refractivity contribution in [2.75, 3.05) is 26.7 Å². The number of alkyl halides is 3. The van der Waals surface area contributed by atoms with Crippen LogP contribution < -0.4 is 10.9 Å². The standard InChI is InChI=1S/C37H43F5N4O5/c1-21-14-25(38)15-23-9-7-5-4-6-8-10-31(36(50)43-30(18-33(48)49)27-16-24(34(21)23)13-22(2)35(27)39)46-32(47)17-28(37(40,41)42)29(44-46)11-12-45-19-26(20-45)51-3/h13-17,26,30-31H,4-12,18-20H2,1-3H3,(H,43,50)(H,48,49)/t30-,31-/m0/s1. The van der Waals surface area contributed by atoms with Crippen molar-refractivity contribution in [1.82, 2.24) is 20.0 Å². The Kier molecular flexibility index (Phi) is 12.0. The molecule has 2 atom stereocenters. The fourth-order valence-corrected chi connectivity index (χ4v) is 7.12. The topological polar surface area (TPSA) is 114 Å². The van der Waals surface area contributed by atoms with Crippen LogP contribution in [0.1, 0.15) is 90.5 Å². The minimum absolute atomic E-state index is 0.0137. The fourth-order valence-electron chi connectivity index (χ4n) is 7.12. The number of aromatic nitrogens is 2. The van der Waals surface area contributed by atoms with E-state index in [0.717, 1.165) is 23.1 Å². The number of ether oxygens (including phenoxy) is 1. The first-order chi connectivity index (χ1) is 24.2. The number of amides is 1. The van der Waals surface area contributed by atoms with Gasteiger partial charge in [-0.2, -0.15) is 18.3 Å². The summed E-state index contributed by atoms with van der Waals surface area (Å²) in [5, 5.41) is 16.6. The van der Waals surface area contributed by atoms with E-state index in [1.807, 2.05) is 4.90 Å². The molecule has 1 saturated heterocycles. The molecule has 51 heavy (non-hydrogen) atoms. The Hall–Kier alpha value is -4.17. The van der Waals surface area contributed by atoms with Gasteiger partial charge < -0.3 is 15.2 Å². The molecule has 2 N–H and O–H groups in total. The van der Waals surface area contributed by atoms with E-state index in [9.17, 15) is 37.1 Å². The zero-order valence-corrected chi connectivity index (χ0v) is 28.9. The van der Waals surface area contributed by atoms with Crippen LogP contribution in [-0.2, 0) is 33.3 Å². The van der Waals surface area contributed by atoms with Gasteiger partial charge in [0.25, 0.3) is 5.56 Å². The summed E-state index contributed by atoms with van der Waals surface area (Å²) in [6.45, 7) is 4.53. The molecule has 1 aromatic heterocycles. The highest BCUT2D eigenvalue weighted by atomic mass is 19.4. The van der Waals surface area contributed by atoms with Gasteiger partial charge in [0.15, 0.2) is 0 Å². The van der Waals surface area contributed by atoms with Crippen molar-refractivity contribution < 1.29 is 41.4 Å². The van der Waals surface area contributed by atoms with Crippen LogP contribution >= 0.6 is 0 Å². The van der Waals surface area contributed by atoms with Crippen LogP contribution in [-0.4, -0.2) is 64.5 Å². The summed E-state index contributed by atoms with van der Waals surface area (Å²) < 4.78 is 78.8. The van der Waals surface area contributed by atoms with Gasteiger partial charge >= 0.3 is 12.1 Å². The number of nitrogens with one attached hydrogen (secondary N) is 1. The molecule has 276 valence electrons. The van der Waals surface area contributed by atoms with Gasteiger partial charge in [0, 0.05) is 44.8 Å². The Bertz CT molecular complexity index is 1820. The second-order valence-electron chi connectivity index (χ2n) is 13.6. The van der Waals surface area contributed by atoms with E-state index in [1.165, 1.54) is 25.1 Å². The first-order valence-corrected chi connectivity index (χ1v) is 17.2. The van der Waals surface area contributed by atoms with Gasteiger partial charge in [-0.25, -0.2) is 13.5 Å². The maximum atomic E-state index is 15.9. The molecule has 0 unspecified atom stereocenters. The van der Waals surface area contributed by atoms with Crippen molar-refractivity contribution in [3.8, 4) is 11.1 Å². The highest BCUT2D eigenvalue weighted by Crippen LogP contribution is 2.36. The lowest BCUT2D eigenvalue weighted by Gasteiger charge is -2.38. The van der Waals surface area contributed by atoms with Gasteiger partial charge in [-0.1, -0.05) is 25.7 Å². The van der Waals surface area contributed by atoms with E-state index in [1.54, 1.807) is 20.1 Å². The summed E-state index contributed by atoms with van der Waals surface area (Å²) in [6, 6.07) is 3.50. The molecular formula is C37H43F5N4O5. The maximum Gasteiger partial charge on any atom is 0.418 e. The van der Waals surface area contributed by atoms with E-state index in [-0.39, 0.29) is 36.6 Å². The van der Waals surface area contributed by atoms with Crippen molar-refractivity contribution in [3.63, 3.8) is 0 Å². The van der Waals surface area contributed by atoms with Crippen molar-refractivity contribution in [2.45, 2.75) is 96.0 Å². The number of aryl methyl sites for hydroxylation is 3. The van der Waals surface area contributed by atoms with E-state index >= 15 is 4.39 Å². The molecule has 1 amide bonds. The van der Waals surface area contributed by atoms with Crippen molar-refractivity contribution in [3.05, 3.63) is 85.8 Å². The van der Waals surface area contributed by atoms with Crippen molar-refractivity contribution in [2.24, 2.45) is 0 Å². The number of nitrogens with zero attached hydrogens (tertiary/aromatic N) is 3. The van der Waals surface area contributed by atoms with E-state index < -0.39 is 65.0 Å². The van der Waals surface area contributed by atoms with E-state index in [2.05, 4.69) is 10.4 Å². The third-order valence-corrected chi connectivity index (χ3v) is 9.81. The van der Waals surface area contributed by atoms with Gasteiger partial charge in [-0.05, 0) is 85.2 Å². The molecule has 2 aromatic carbocycles. The van der Waals surface area contributed by atoms with Gasteiger partial charge in [0.1, 0.15) is 17.7 Å². The van der Waals surface area contributed by atoms with Crippen LogP contribution in [0, 0.1) is 25.5 Å².